The fraction of sp³-hybridized carbons (Fsp3) is 0.0526. The van der Waals surface area contributed by atoms with Gasteiger partial charge in [-0.1, -0.05) is 109 Å². The Morgan fingerprint density at radius 1 is 0.575 bits per heavy atom. The highest BCUT2D eigenvalue weighted by molar-refractivity contribution is 6.14. The van der Waals surface area contributed by atoms with E-state index in [1.165, 1.54) is 55.8 Å². The molecule has 0 atom stereocenters. The fourth-order valence-corrected chi connectivity index (χ4v) is 6.37. The molecule has 0 fully saturated rings. The highest BCUT2D eigenvalue weighted by Gasteiger charge is 2.27. The van der Waals surface area contributed by atoms with Crippen LogP contribution < -0.4 is 5.32 Å². The van der Waals surface area contributed by atoms with E-state index < -0.39 is 0 Å². The molecule has 0 aliphatic heterocycles. The minimum absolute atomic E-state index is 0.893. The minimum Gasteiger partial charge on any atom is -0.456 e. The van der Waals surface area contributed by atoms with Gasteiger partial charge >= 0.3 is 0 Å². The monoisotopic (exact) mass is 513 g/mol. The van der Waals surface area contributed by atoms with Crippen molar-refractivity contribution in [2.75, 3.05) is 5.32 Å². The summed E-state index contributed by atoms with van der Waals surface area (Å²) in [6.45, 7) is 2.18. The van der Waals surface area contributed by atoms with Crippen molar-refractivity contribution in [3.8, 4) is 33.4 Å². The lowest BCUT2D eigenvalue weighted by Crippen LogP contribution is -2.02. The van der Waals surface area contributed by atoms with Crippen LogP contribution in [0.1, 0.15) is 16.7 Å². The van der Waals surface area contributed by atoms with Crippen molar-refractivity contribution in [2.45, 2.75) is 13.3 Å². The number of hydrogen-bond acceptors (Lipinski definition) is 2. The number of para-hydroxylation sites is 1. The summed E-state index contributed by atoms with van der Waals surface area (Å²) in [6.07, 6.45) is 0.893. The molecule has 1 heterocycles. The molecule has 8 rings (SSSR count). The van der Waals surface area contributed by atoms with E-state index in [1.54, 1.807) is 0 Å². The maximum absolute atomic E-state index is 6.30. The van der Waals surface area contributed by atoms with Gasteiger partial charge < -0.3 is 9.73 Å². The van der Waals surface area contributed by atoms with Crippen LogP contribution in [0.3, 0.4) is 0 Å². The third-order valence-corrected chi connectivity index (χ3v) is 8.26. The first-order valence-electron chi connectivity index (χ1n) is 13.8. The average molecular weight is 514 g/mol. The lowest BCUT2D eigenvalue weighted by atomic mass is 9.87. The van der Waals surface area contributed by atoms with E-state index >= 15 is 0 Å². The van der Waals surface area contributed by atoms with Crippen LogP contribution in [0.15, 0.2) is 132 Å². The fourth-order valence-electron chi connectivity index (χ4n) is 6.37. The van der Waals surface area contributed by atoms with Gasteiger partial charge in [-0.3, -0.25) is 0 Å². The summed E-state index contributed by atoms with van der Waals surface area (Å²) >= 11 is 0. The van der Waals surface area contributed by atoms with E-state index in [2.05, 4.69) is 128 Å². The first kappa shape index (κ1) is 22.9. The SMILES string of the molecule is Cc1ccc2oc3ccccc3c2c1Nc1c2c(cc(-c3ccccc3)c1-c1ccccc1)-c1ccccc1C2. The summed E-state index contributed by atoms with van der Waals surface area (Å²) in [5, 5.41) is 6.30. The number of hydrogen-bond donors (Lipinski definition) is 1. The summed E-state index contributed by atoms with van der Waals surface area (Å²) in [7, 11) is 0. The molecular weight excluding hydrogens is 486 g/mol. The molecule has 0 saturated carbocycles. The summed E-state index contributed by atoms with van der Waals surface area (Å²) in [4.78, 5) is 0. The Hall–Kier alpha value is -5.08. The molecule has 1 aliphatic rings. The third-order valence-electron chi connectivity index (χ3n) is 8.26. The van der Waals surface area contributed by atoms with Gasteiger partial charge in [0.1, 0.15) is 11.2 Å². The Morgan fingerprint density at radius 2 is 1.27 bits per heavy atom. The second-order valence-electron chi connectivity index (χ2n) is 10.6. The Morgan fingerprint density at radius 3 is 2.10 bits per heavy atom. The number of aryl methyl sites for hydroxylation is 1. The molecule has 0 radical (unpaired) electrons. The van der Waals surface area contributed by atoms with E-state index in [4.69, 9.17) is 4.42 Å². The number of anilines is 2. The van der Waals surface area contributed by atoms with Gasteiger partial charge in [-0.2, -0.15) is 0 Å². The van der Waals surface area contributed by atoms with Crippen molar-refractivity contribution in [3.05, 3.63) is 144 Å². The van der Waals surface area contributed by atoms with Gasteiger partial charge in [0.05, 0.1) is 16.8 Å². The van der Waals surface area contributed by atoms with Gasteiger partial charge in [0.2, 0.25) is 0 Å². The smallest absolute Gasteiger partial charge is 0.137 e. The summed E-state index contributed by atoms with van der Waals surface area (Å²) in [6, 6.07) is 45.4. The van der Waals surface area contributed by atoms with Crippen LogP contribution in [0.4, 0.5) is 11.4 Å². The van der Waals surface area contributed by atoms with Crippen molar-refractivity contribution in [1.29, 1.82) is 0 Å². The molecule has 2 heteroatoms. The molecule has 1 aliphatic carbocycles. The normalized spacial score (nSPS) is 12.0. The summed E-state index contributed by atoms with van der Waals surface area (Å²) < 4.78 is 6.30. The van der Waals surface area contributed by atoms with Crippen molar-refractivity contribution < 1.29 is 4.42 Å². The summed E-state index contributed by atoms with van der Waals surface area (Å²) in [5.74, 6) is 0. The zero-order valence-corrected chi connectivity index (χ0v) is 22.2. The Kier molecular flexibility index (Phi) is 5.14. The van der Waals surface area contributed by atoms with Crippen LogP contribution in [0, 0.1) is 6.92 Å². The molecule has 2 nitrogen and oxygen atoms in total. The van der Waals surface area contributed by atoms with Gasteiger partial charge in [-0.25, -0.2) is 0 Å². The minimum atomic E-state index is 0.893. The van der Waals surface area contributed by atoms with Crippen LogP contribution in [-0.4, -0.2) is 0 Å². The highest BCUT2D eigenvalue weighted by Crippen LogP contribution is 2.51. The van der Waals surface area contributed by atoms with Crippen molar-refractivity contribution in [1.82, 2.24) is 0 Å². The second kappa shape index (κ2) is 9.00. The molecule has 1 aromatic heterocycles. The summed E-state index contributed by atoms with van der Waals surface area (Å²) in [5.41, 5.74) is 15.4. The second-order valence-corrected chi connectivity index (χ2v) is 10.6. The van der Waals surface area contributed by atoms with E-state index in [9.17, 15) is 0 Å². The van der Waals surface area contributed by atoms with Crippen LogP contribution >= 0.6 is 0 Å². The van der Waals surface area contributed by atoms with Crippen LogP contribution in [0.5, 0.6) is 0 Å². The van der Waals surface area contributed by atoms with E-state index in [0.717, 1.165) is 34.0 Å². The van der Waals surface area contributed by atoms with Crippen LogP contribution in [-0.2, 0) is 6.42 Å². The largest absolute Gasteiger partial charge is 0.456 e. The number of nitrogens with one attached hydrogen (secondary N) is 1. The van der Waals surface area contributed by atoms with Crippen LogP contribution in [0.25, 0.3) is 55.3 Å². The van der Waals surface area contributed by atoms with E-state index in [1.807, 2.05) is 12.1 Å². The first-order valence-corrected chi connectivity index (χ1v) is 13.8. The molecule has 0 spiro atoms. The Balaban J connectivity index is 1.48. The number of benzene rings is 6. The number of rotatable bonds is 4. The van der Waals surface area contributed by atoms with Gasteiger partial charge in [-0.05, 0) is 69.6 Å². The van der Waals surface area contributed by atoms with Gasteiger partial charge in [0.15, 0.2) is 0 Å². The molecular formula is C38H27NO. The standard InChI is InChI=1S/C38H27NO/c1-24-20-21-34-36(29-18-10-11-19-33(29)40-34)37(24)39-38-32-22-27-16-8-9-17-28(27)31(32)23-30(25-12-4-2-5-13-25)35(38)26-14-6-3-7-15-26/h2-21,23,39H,22H2,1H3. The van der Waals surface area contributed by atoms with E-state index in [0.29, 0.717) is 0 Å². The first-order chi connectivity index (χ1) is 19.8. The molecule has 190 valence electrons. The van der Waals surface area contributed by atoms with E-state index in [-0.39, 0.29) is 0 Å². The van der Waals surface area contributed by atoms with Gasteiger partial charge in [0, 0.05) is 17.4 Å². The van der Waals surface area contributed by atoms with Crippen molar-refractivity contribution in [2.24, 2.45) is 0 Å². The number of fused-ring (bicyclic) bond motifs is 6. The van der Waals surface area contributed by atoms with Gasteiger partial charge in [0.25, 0.3) is 0 Å². The molecule has 40 heavy (non-hydrogen) atoms. The molecule has 7 aromatic rings. The van der Waals surface area contributed by atoms with Crippen molar-refractivity contribution >= 4 is 33.3 Å². The quantitative estimate of drug-likeness (QED) is 0.253. The average Bonchev–Trinajstić information content (AvgIpc) is 3.58. The predicted molar refractivity (Wildman–Crippen MR) is 167 cm³/mol. The van der Waals surface area contributed by atoms with Crippen molar-refractivity contribution in [3.63, 3.8) is 0 Å². The molecule has 0 saturated heterocycles. The molecule has 1 N–H and O–H groups in total. The number of furan rings is 1. The topological polar surface area (TPSA) is 25.2 Å². The maximum atomic E-state index is 6.30. The molecule has 0 amide bonds. The predicted octanol–water partition coefficient (Wildman–Crippen LogP) is 10.5. The van der Waals surface area contributed by atoms with Crippen LogP contribution in [0.2, 0.25) is 0 Å². The Bertz CT molecular complexity index is 2050. The zero-order valence-electron chi connectivity index (χ0n) is 22.2. The third kappa shape index (κ3) is 3.50. The molecule has 0 unspecified atom stereocenters. The zero-order chi connectivity index (χ0) is 26.6. The molecule has 0 bridgehead atoms. The molecule has 6 aromatic carbocycles. The lowest BCUT2D eigenvalue weighted by Gasteiger charge is -2.23. The maximum Gasteiger partial charge on any atom is 0.137 e. The van der Waals surface area contributed by atoms with Gasteiger partial charge in [-0.15, -0.1) is 0 Å². The lowest BCUT2D eigenvalue weighted by molar-refractivity contribution is 0.669. The Labute approximate surface area is 233 Å². The highest BCUT2D eigenvalue weighted by atomic mass is 16.3.